The lowest BCUT2D eigenvalue weighted by atomic mass is 9.87. The van der Waals surface area contributed by atoms with Crippen molar-refractivity contribution >= 4 is 39.9 Å². The molecule has 7 nitrogen and oxygen atoms in total. The monoisotopic (exact) mass is 486 g/mol. The van der Waals surface area contributed by atoms with Gasteiger partial charge in [0.05, 0.1) is 11.7 Å². The number of carbonyl (C=O) groups excluding carboxylic acids is 1. The van der Waals surface area contributed by atoms with Crippen LogP contribution in [0.3, 0.4) is 0 Å². The van der Waals surface area contributed by atoms with E-state index in [1.54, 1.807) is 11.3 Å². The quantitative estimate of drug-likeness (QED) is 0.561. The predicted octanol–water partition coefficient (Wildman–Crippen LogP) is 4.45. The Hall–Kier alpha value is -2.07. The van der Waals surface area contributed by atoms with Crippen molar-refractivity contribution in [3.63, 3.8) is 0 Å². The van der Waals surface area contributed by atoms with E-state index in [0.29, 0.717) is 5.13 Å². The van der Waals surface area contributed by atoms with Crippen molar-refractivity contribution in [3.05, 3.63) is 52.8 Å². The normalized spacial score (nSPS) is 19.5. The smallest absolute Gasteiger partial charge is 0.301 e. The van der Waals surface area contributed by atoms with Crippen LogP contribution in [-0.4, -0.2) is 53.1 Å². The first-order valence-electron chi connectivity index (χ1n) is 11.5. The summed E-state index contributed by atoms with van der Waals surface area (Å²) in [5.74, 6) is 3.16. The third kappa shape index (κ3) is 6.50. The van der Waals surface area contributed by atoms with Crippen molar-refractivity contribution in [1.29, 1.82) is 0 Å². The van der Waals surface area contributed by atoms with Crippen LogP contribution in [0, 0.1) is 12.3 Å². The van der Waals surface area contributed by atoms with E-state index >= 15 is 0 Å². The Kier molecular flexibility index (Phi) is 7.63. The minimum atomic E-state index is -0.288. The lowest BCUT2D eigenvalue weighted by molar-refractivity contribution is 0.254. The number of aryl methyl sites for hydroxylation is 1. The Bertz CT molecular complexity index is 976. The average molecular weight is 487 g/mol. The molecule has 1 aromatic carbocycles. The van der Waals surface area contributed by atoms with Crippen molar-refractivity contribution in [2.75, 3.05) is 41.5 Å². The van der Waals surface area contributed by atoms with E-state index in [9.17, 15) is 4.79 Å². The topological polar surface area (TPSA) is 72.5 Å². The Labute approximate surface area is 205 Å². The molecular formula is C24H34N6OS2. The first kappa shape index (κ1) is 24.1. The van der Waals surface area contributed by atoms with Gasteiger partial charge in [0.1, 0.15) is 5.82 Å². The fourth-order valence-corrected chi connectivity index (χ4v) is 5.52. The van der Waals surface area contributed by atoms with Gasteiger partial charge in [-0.05, 0) is 37.0 Å². The van der Waals surface area contributed by atoms with Crippen LogP contribution < -0.4 is 21.1 Å². The van der Waals surface area contributed by atoms with Crippen LogP contribution in [0.4, 0.5) is 15.6 Å². The van der Waals surface area contributed by atoms with Crippen LogP contribution in [0.2, 0.25) is 0 Å². The first-order valence-corrected chi connectivity index (χ1v) is 13.4. The molecule has 2 aromatic rings. The predicted molar refractivity (Wildman–Crippen MR) is 140 cm³/mol. The number of carbonyl (C=O) groups is 1. The Balaban J connectivity index is 1.37. The molecule has 3 heterocycles. The Morgan fingerprint density at radius 2 is 1.91 bits per heavy atom. The molecule has 2 aliphatic heterocycles. The zero-order valence-corrected chi connectivity index (χ0v) is 21.5. The number of hydrogen-bond donors (Lipinski definition) is 3. The van der Waals surface area contributed by atoms with Crippen LogP contribution in [-0.2, 0) is 6.42 Å². The molecule has 1 fully saturated rings. The number of hydrogen-bond acceptors (Lipinski definition) is 7. The summed E-state index contributed by atoms with van der Waals surface area (Å²) in [7, 11) is 0. The van der Waals surface area contributed by atoms with Gasteiger partial charge in [0, 0.05) is 42.2 Å². The van der Waals surface area contributed by atoms with E-state index in [0.717, 1.165) is 37.6 Å². The number of thioether (sulfide) groups is 1. The second-order valence-corrected chi connectivity index (χ2v) is 12.0. The van der Waals surface area contributed by atoms with Gasteiger partial charge >= 0.3 is 6.03 Å². The molecule has 33 heavy (non-hydrogen) atoms. The maximum atomic E-state index is 12.8. The highest BCUT2D eigenvalue weighted by atomic mass is 32.2. The Morgan fingerprint density at radius 1 is 1.18 bits per heavy atom. The van der Waals surface area contributed by atoms with Gasteiger partial charge < -0.3 is 4.90 Å². The maximum absolute atomic E-state index is 12.8. The largest absolute Gasteiger partial charge is 0.326 e. The van der Waals surface area contributed by atoms with E-state index < -0.39 is 0 Å². The number of nitrogens with zero attached hydrogens (tertiary/aromatic N) is 3. The van der Waals surface area contributed by atoms with E-state index in [4.69, 9.17) is 0 Å². The molecule has 1 unspecified atom stereocenters. The van der Waals surface area contributed by atoms with Crippen LogP contribution in [0.25, 0.3) is 0 Å². The zero-order valence-electron chi connectivity index (χ0n) is 19.9. The molecule has 4 rings (SSSR count). The third-order valence-corrected chi connectivity index (χ3v) is 7.77. The fraction of sp³-hybridized carbons (Fsp3) is 0.500. The van der Waals surface area contributed by atoms with E-state index in [1.165, 1.54) is 21.9 Å². The summed E-state index contributed by atoms with van der Waals surface area (Å²) >= 11 is 3.57. The lowest BCUT2D eigenvalue weighted by Gasteiger charge is -2.29. The number of aromatic nitrogens is 1. The fourth-order valence-electron chi connectivity index (χ4n) is 3.75. The minimum absolute atomic E-state index is 0.000106. The van der Waals surface area contributed by atoms with Gasteiger partial charge in [-0.3, -0.25) is 15.6 Å². The highest BCUT2D eigenvalue weighted by molar-refractivity contribution is 7.99. The first-order chi connectivity index (χ1) is 15.8. The van der Waals surface area contributed by atoms with Gasteiger partial charge in [-0.15, -0.1) is 11.3 Å². The highest BCUT2D eigenvalue weighted by Gasteiger charge is 2.33. The van der Waals surface area contributed by atoms with Gasteiger partial charge in [-0.2, -0.15) is 11.8 Å². The summed E-state index contributed by atoms with van der Waals surface area (Å²) in [5.41, 5.74) is 5.69. The maximum Gasteiger partial charge on any atom is 0.326 e. The van der Waals surface area contributed by atoms with Crippen LogP contribution in [0.1, 0.15) is 31.2 Å². The van der Waals surface area contributed by atoms with Crippen molar-refractivity contribution in [3.8, 4) is 0 Å². The molecule has 0 spiro atoms. The van der Waals surface area contributed by atoms with Gasteiger partial charge in [-0.1, -0.05) is 38.5 Å². The van der Waals surface area contributed by atoms with Gasteiger partial charge in [0.2, 0.25) is 0 Å². The number of anilines is 2. The number of hydrazine groups is 1. The van der Waals surface area contributed by atoms with Gasteiger partial charge in [0.25, 0.3) is 0 Å². The van der Waals surface area contributed by atoms with Crippen molar-refractivity contribution in [2.24, 2.45) is 5.41 Å². The number of nitrogens with one attached hydrogen (secondary N) is 3. The molecule has 3 N–H and O–H groups in total. The molecule has 0 aliphatic carbocycles. The van der Waals surface area contributed by atoms with Gasteiger partial charge in [0.15, 0.2) is 5.13 Å². The number of urea groups is 1. The molecule has 9 heteroatoms. The van der Waals surface area contributed by atoms with Crippen LogP contribution in [0.5, 0.6) is 0 Å². The molecule has 0 radical (unpaired) electrons. The number of thiazole rings is 1. The molecule has 178 valence electrons. The summed E-state index contributed by atoms with van der Waals surface area (Å²) in [6.45, 7) is 12.0. The van der Waals surface area contributed by atoms with Crippen molar-refractivity contribution in [1.82, 2.24) is 20.6 Å². The van der Waals surface area contributed by atoms with Crippen LogP contribution in [0.15, 0.2) is 42.4 Å². The molecule has 0 saturated carbocycles. The number of benzene rings is 1. The second kappa shape index (κ2) is 10.5. The van der Waals surface area contributed by atoms with Gasteiger partial charge in [-0.25, -0.2) is 15.2 Å². The number of rotatable bonds is 6. The van der Waals surface area contributed by atoms with Crippen molar-refractivity contribution < 1.29 is 4.79 Å². The summed E-state index contributed by atoms with van der Waals surface area (Å²) in [5, 5.41) is 8.49. The van der Waals surface area contributed by atoms with E-state index in [-0.39, 0.29) is 17.5 Å². The molecule has 1 aromatic heterocycles. The third-order valence-electron chi connectivity index (χ3n) is 5.85. The summed E-state index contributed by atoms with van der Waals surface area (Å²) < 4.78 is 0. The summed E-state index contributed by atoms with van der Waals surface area (Å²) in [6.07, 6.45) is 4.92. The molecular weight excluding hydrogens is 452 g/mol. The minimum Gasteiger partial charge on any atom is -0.301 e. The SMILES string of the molecule is Cc1ccc(N2NC(C(C)(C)C)C=C2NC(=O)Nc2ncc(CCN3CCSCC3)s2)cc1. The van der Waals surface area contributed by atoms with Crippen LogP contribution >= 0.6 is 23.1 Å². The van der Waals surface area contributed by atoms with E-state index in [1.807, 2.05) is 23.0 Å². The van der Waals surface area contributed by atoms with Crippen molar-refractivity contribution in [2.45, 2.75) is 40.2 Å². The second-order valence-electron chi connectivity index (χ2n) is 9.61. The molecule has 2 aliphatic rings. The zero-order chi connectivity index (χ0) is 23.4. The molecule has 0 bridgehead atoms. The molecule has 2 amide bonds. The highest BCUT2D eigenvalue weighted by Crippen LogP contribution is 2.29. The average Bonchev–Trinajstić information content (AvgIpc) is 3.40. The lowest BCUT2D eigenvalue weighted by Crippen LogP contribution is -2.46. The Morgan fingerprint density at radius 3 is 2.61 bits per heavy atom. The summed E-state index contributed by atoms with van der Waals surface area (Å²) in [4.78, 5) is 20.9. The molecule has 1 atom stereocenters. The van der Waals surface area contributed by atoms with E-state index in [2.05, 4.69) is 84.0 Å². The molecule has 1 saturated heterocycles. The summed E-state index contributed by atoms with van der Waals surface area (Å²) in [6, 6.07) is 8.04. The standard InChI is InChI=1S/C24H34N6OS2/c1-17-5-7-18(8-6-17)30-21(15-20(28-30)24(2,3)4)26-22(31)27-23-25-16-19(33-23)9-10-29-11-13-32-14-12-29/h5-8,15-16,20,28H,9-14H2,1-4H3,(H2,25,26,27,31). The number of amides is 2.